The zero-order valence-corrected chi connectivity index (χ0v) is 10.0. The molecule has 0 aliphatic rings. The van der Waals surface area contributed by atoms with Crippen LogP contribution in [0.5, 0.6) is 5.75 Å². The second-order valence-electron chi connectivity index (χ2n) is 3.08. The van der Waals surface area contributed by atoms with Crippen LogP contribution in [-0.2, 0) is 4.79 Å². The maximum Gasteiger partial charge on any atom is 0.344 e. The van der Waals surface area contributed by atoms with Crippen molar-refractivity contribution in [2.75, 3.05) is 0 Å². The Morgan fingerprint density at radius 3 is 2.75 bits per heavy atom. The summed E-state index contributed by atoms with van der Waals surface area (Å²) in [6.45, 7) is 1.41. The standard InChI is InChI=1S/C10H10ClNO3S/c1-5(10(13)14)15-7-4-2-3-6(11)8(7)9(12)16/h2-5H,1H3,(H2,12,16)(H,13,14). The molecule has 1 aromatic carbocycles. The second kappa shape index (κ2) is 5.14. The minimum absolute atomic E-state index is 0.0678. The van der Waals surface area contributed by atoms with Gasteiger partial charge in [-0.15, -0.1) is 0 Å². The fourth-order valence-corrected chi connectivity index (χ4v) is 1.62. The van der Waals surface area contributed by atoms with E-state index in [0.29, 0.717) is 10.6 Å². The van der Waals surface area contributed by atoms with Crippen molar-refractivity contribution in [2.24, 2.45) is 5.73 Å². The molecule has 1 atom stereocenters. The van der Waals surface area contributed by atoms with E-state index in [-0.39, 0.29) is 10.7 Å². The van der Waals surface area contributed by atoms with Crippen molar-refractivity contribution in [3.8, 4) is 5.75 Å². The van der Waals surface area contributed by atoms with E-state index in [1.807, 2.05) is 0 Å². The van der Waals surface area contributed by atoms with Crippen LogP contribution in [0.4, 0.5) is 0 Å². The molecule has 16 heavy (non-hydrogen) atoms. The molecule has 0 aliphatic heterocycles. The fraction of sp³-hybridized carbons (Fsp3) is 0.200. The Balaban J connectivity index is 3.09. The second-order valence-corrected chi connectivity index (χ2v) is 3.92. The van der Waals surface area contributed by atoms with Crippen LogP contribution in [0.3, 0.4) is 0 Å². The number of thiocarbonyl (C=S) groups is 1. The highest BCUT2D eigenvalue weighted by Crippen LogP contribution is 2.27. The molecule has 0 amide bonds. The number of hydrogen-bond acceptors (Lipinski definition) is 3. The molecule has 1 rings (SSSR count). The summed E-state index contributed by atoms with van der Waals surface area (Å²) in [4.78, 5) is 10.7. The quantitative estimate of drug-likeness (QED) is 0.807. The van der Waals surface area contributed by atoms with E-state index in [1.54, 1.807) is 18.2 Å². The Morgan fingerprint density at radius 1 is 1.62 bits per heavy atom. The summed E-state index contributed by atoms with van der Waals surface area (Å²) in [6, 6.07) is 4.81. The van der Waals surface area contributed by atoms with Crippen molar-refractivity contribution in [3.63, 3.8) is 0 Å². The summed E-state index contributed by atoms with van der Waals surface area (Å²) in [5.41, 5.74) is 5.84. The summed E-state index contributed by atoms with van der Waals surface area (Å²) in [5.74, 6) is -0.802. The highest BCUT2D eigenvalue weighted by atomic mass is 35.5. The van der Waals surface area contributed by atoms with Gasteiger partial charge in [0.25, 0.3) is 0 Å². The van der Waals surface area contributed by atoms with E-state index in [4.69, 9.17) is 39.4 Å². The van der Waals surface area contributed by atoms with E-state index in [0.717, 1.165) is 0 Å². The third-order valence-corrected chi connectivity index (χ3v) is 2.39. The molecule has 0 aliphatic carbocycles. The highest BCUT2D eigenvalue weighted by Gasteiger charge is 2.17. The number of carboxylic acids is 1. The number of rotatable bonds is 4. The predicted molar refractivity (Wildman–Crippen MR) is 65.1 cm³/mol. The topological polar surface area (TPSA) is 72.5 Å². The number of aliphatic carboxylic acids is 1. The van der Waals surface area contributed by atoms with Crippen LogP contribution in [0, 0.1) is 0 Å². The van der Waals surface area contributed by atoms with Crippen LogP contribution in [-0.4, -0.2) is 22.2 Å². The molecule has 0 heterocycles. The first kappa shape index (κ1) is 12.7. The van der Waals surface area contributed by atoms with E-state index in [2.05, 4.69) is 0 Å². The Hall–Kier alpha value is -1.33. The molecule has 1 aromatic rings. The van der Waals surface area contributed by atoms with Gasteiger partial charge in [-0.05, 0) is 19.1 Å². The summed E-state index contributed by atoms with van der Waals surface area (Å²) in [7, 11) is 0. The Kier molecular flexibility index (Phi) is 4.09. The maximum atomic E-state index is 10.6. The first-order chi connectivity index (χ1) is 7.43. The largest absolute Gasteiger partial charge is 0.479 e. The van der Waals surface area contributed by atoms with Crippen LogP contribution in [0.2, 0.25) is 5.02 Å². The summed E-state index contributed by atoms with van der Waals surface area (Å²) < 4.78 is 5.20. The van der Waals surface area contributed by atoms with Crippen molar-refractivity contribution in [3.05, 3.63) is 28.8 Å². The van der Waals surface area contributed by atoms with Gasteiger partial charge in [-0.3, -0.25) is 0 Å². The van der Waals surface area contributed by atoms with Gasteiger partial charge in [0, 0.05) is 0 Å². The minimum Gasteiger partial charge on any atom is -0.479 e. The minimum atomic E-state index is -1.08. The van der Waals surface area contributed by atoms with Gasteiger partial charge in [-0.1, -0.05) is 29.9 Å². The summed E-state index contributed by atoms with van der Waals surface area (Å²) in [6.07, 6.45) is -0.994. The van der Waals surface area contributed by atoms with Crippen LogP contribution in [0.1, 0.15) is 12.5 Å². The molecular formula is C10H10ClNO3S. The first-order valence-electron chi connectivity index (χ1n) is 4.41. The van der Waals surface area contributed by atoms with Gasteiger partial charge in [-0.2, -0.15) is 0 Å². The number of nitrogens with two attached hydrogens (primary N) is 1. The van der Waals surface area contributed by atoms with Gasteiger partial charge in [-0.25, -0.2) is 4.79 Å². The van der Waals surface area contributed by atoms with Crippen LogP contribution >= 0.6 is 23.8 Å². The van der Waals surface area contributed by atoms with E-state index in [9.17, 15) is 4.79 Å². The van der Waals surface area contributed by atoms with Gasteiger partial charge in [0.05, 0.1) is 10.6 Å². The molecule has 3 N–H and O–H groups in total. The molecule has 86 valence electrons. The third-order valence-electron chi connectivity index (χ3n) is 1.87. The molecule has 0 fully saturated rings. The van der Waals surface area contributed by atoms with Gasteiger partial charge >= 0.3 is 5.97 Å². The molecule has 0 spiro atoms. The van der Waals surface area contributed by atoms with Gasteiger partial charge < -0.3 is 15.6 Å². The summed E-state index contributed by atoms with van der Waals surface area (Å²) in [5, 5.41) is 9.06. The van der Waals surface area contributed by atoms with Gasteiger partial charge in [0.1, 0.15) is 10.7 Å². The zero-order valence-electron chi connectivity index (χ0n) is 8.44. The smallest absolute Gasteiger partial charge is 0.344 e. The van der Waals surface area contributed by atoms with Gasteiger partial charge in [0.2, 0.25) is 0 Å². The molecule has 0 saturated heterocycles. The highest BCUT2D eigenvalue weighted by molar-refractivity contribution is 7.80. The molecule has 0 radical (unpaired) electrons. The molecule has 4 nitrogen and oxygen atoms in total. The average Bonchev–Trinajstić information content (AvgIpc) is 2.16. The number of hydrogen-bond donors (Lipinski definition) is 2. The van der Waals surface area contributed by atoms with Crippen LogP contribution in [0.25, 0.3) is 0 Å². The monoisotopic (exact) mass is 259 g/mol. The van der Waals surface area contributed by atoms with Crippen LogP contribution < -0.4 is 10.5 Å². The Bertz CT molecular complexity index is 436. The van der Waals surface area contributed by atoms with E-state index >= 15 is 0 Å². The lowest BCUT2D eigenvalue weighted by molar-refractivity contribution is -0.144. The number of benzene rings is 1. The fourth-order valence-electron chi connectivity index (χ4n) is 1.08. The average molecular weight is 260 g/mol. The Morgan fingerprint density at radius 2 is 2.25 bits per heavy atom. The molecule has 0 saturated carbocycles. The first-order valence-corrected chi connectivity index (χ1v) is 5.20. The third kappa shape index (κ3) is 2.84. The molecule has 0 aromatic heterocycles. The molecule has 1 unspecified atom stereocenters. The van der Waals surface area contributed by atoms with Gasteiger partial charge in [0.15, 0.2) is 6.10 Å². The zero-order chi connectivity index (χ0) is 12.3. The van der Waals surface area contributed by atoms with Crippen molar-refractivity contribution >= 4 is 34.8 Å². The van der Waals surface area contributed by atoms with Crippen LogP contribution in [0.15, 0.2) is 18.2 Å². The van der Waals surface area contributed by atoms with E-state index in [1.165, 1.54) is 6.92 Å². The van der Waals surface area contributed by atoms with E-state index < -0.39 is 12.1 Å². The number of ether oxygens (including phenoxy) is 1. The van der Waals surface area contributed by atoms with Crippen molar-refractivity contribution in [2.45, 2.75) is 13.0 Å². The SMILES string of the molecule is CC(Oc1cccc(Cl)c1C(N)=S)C(=O)O. The number of carboxylic acid groups (broad SMARTS) is 1. The lowest BCUT2D eigenvalue weighted by Crippen LogP contribution is -2.24. The molecule has 0 bridgehead atoms. The predicted octanol–water partition coefficient (Wildman–Crippen LogP) is 1.83. The van der Waals surface area contributed by atoms with Crippen molar-refractivity contribution in [1.82, 2.24) is 0 Å². The Labute approximate surface area is 103 Å². The lowest BCUT2D eigenvalue weighted by Gasteiger charge is -2.14. The molecule has 6 heteroatoms. The normalized spacial score (nSPS) is 11.9. The molecular weight excluding hydrogens is 250 g/mol. The number of carbonyl (C=O) groups is 1. The maximum absolute atomic E-state index is 10.6. The lowest BCUT2D eigenvalue weighted by atomic mass is 10.2. The number of halogens is 1. The van der Waals surface area contributed by atoms with Crippen molar-refractivity contribution < 1.29 is 14.6 Å². The summed E-state index contributed by atoms with van der Waals surface area (Å²) >= 11 is 10.7. The van der Waals surface area contributed by atoms with Crippen molar-refractivity contribution in [1.29, 1.82) is 0 Å².